The summed E-state index contributed by atoms with van der Waals surface area (Å²) in [5.74, 6) is 1.44. The first-order chi connectivity index (χ1) is 12.2. The van der Waals surface area contributed by atoms with E-state index in [-0.39, 0.29) is 5.75 Å². The first-order valence-electron chi connectivity index (χ1n) is 8.82. The van der Waals surface area contributed by atoms with Gasteiger partial charge in [0.05, 0.1) is 19.7 Å². The number of aromatic hydroxyl groups is 1. The Kier molecular flexibility index (Phi) is 6.10. The van der Waals surface area contributed by atoms with Crippen molar-refractivity contribution >= 4 is 17.6 Å². The fraction of sp³-hybridized carbons (Fsp3) is 0.450. The van der Waals surface area contributed by atoms with E-state index in [0.717, 1.165) is 19.0 Å². The molecule has 0 saturated carbocycles. The summed E-state index contributed by atoms with van der Waals surface area (Å²) < 4.78 is 5.16. The molecule has 25 heavy (non-hydrogen) atoms. The van der Waals surface area contributed by atoms with Gasteiger partial charge >= 0.3 is 0 Å². The summed E-state index contributed by atoms with van der Waals surface area (Å²) in [6.45, 7) is 5.29. The van der Waals surface area contributed by atoms with E-state index in [1.54, 1.807) is 30.7 Å². The zero-order valence-corrected chi connectivity index (χ0v) is 15.7. The molecule has 0 radical (unpaired) electrons. The van der Waals surface area contributed by atoms with E-state index >= 15 is 0 Å². The topological polar surface area (TPSA) is 45.1 Å². The summed E-state index contributed by atoms with van der Waals surface area (Å²) >= 11 is 1.80. The van der Waals surface area contributed by atoms with Crippen molar-refractivity contribution in [3.8, 4) is 11.5 Å². The summed E-state index contributed by atoms with van der Waals surface area (Å²) in [7, 11) is 1.56. The molecule has 1 aliphatic rings. The maximum atomic E-state index is 10.2. The normalized spacial score (nSPS) is 17.8. The molecule has 0 unspecified atom stereocenters. The van der Waals surface area contributed by atoms with Crippen molar-refractivity contribution in [3.63, 3.8) is 0 Å². The number of ether oxygens (including phenoxy) is 1. The lowest BCUT2D eigenvalue weighted by Crippen LogP contribution is -2.37. The average molecular weight is 359 g/mol. The zero-order chi connectivity index (χ0) is 17.6. The number of thiophene rings is 1. The third-order valence-electron chi connectivity index (χ3n) is 4.89. The van der Waals surface area contributed by atoms with Crippen LogP contribution >= 0.6 is 11.3 Å². The van der Waals surface area contributed by atoms with Crippen molar-refractivity contribution in [3.05, 3.63) is 46.2 Å². The molecule has 0 amide bonds. The summed E-state index contributed by atoms with van der Waals surface area (Å²) in [6.07, 6.45) is 4.26. The van der Waals surface area contributed by atoms with E-state index in [9.17, 15) is 5.11 Å². The number of para-hydroxylation sites is 1. The smallest absolute Gasteiger partial charge is 0.166 e. The number of piperidine rings is 1. The van der Waals surface area contributed by atoms with E-state index < -0.39 is 0 Å². The minimum Gasteiger partial charge on any atom is -0.504 e. The number of hydrogen-bond donors (Lipinski definition) is 1. The van der Waals surface area contributed by atoms with Crippen LogP contribution in [0.25, 0.3) is 0 Å². The third-order valence-corrected chi connectivity index (χ3v) is 5.86. The molecular weight excluding hydrogens is 332 g/mol. The van der Waals surface area contributed by atoms with Gasteiger partial charge in [-0.2, -0.15) is 0 Å². The predicted octanol–water partition coefficient (Wildman–Crippen LogP) is 4.35. The number of rotatable bonds is 6. The Morgan fingerprint density at radius 2 is 2.12 bits per heavy atom. The van der Waals surface area contributed by atoms with Crippen LogP contribution in [0.2, 0.25) is 0 Å². The van der Waals surface area contributed by atoms with Crippen LogP contribution in [0.5, 0.6) is 11.5 Å². The summed E-state index contributed by atoms with van der Waals surface area (Å²) in [6, 6.07) is 10.1. The highest BCUT2D eigenvalue weighted by molar-refractivity contribution is 7.10. The lowest BCUT2D eigenvalue weighted by Gasteiger charge is -2.35. The molecule has 3 rings (SSSR count). The Hall–Kier alpha value is -1.85. The Balaban J connectivity index is 1.73. The Bertz CT molecular complexity index is 692. The van der Waals surface area contributed by atoms with Crippen molar-refractivity contribution in [2.45, 2.75) is 25.8 Å². The summed E-state index contributed by atoms with van der Waals surface area (Å²) in [4.78, 5) is 8.57. The number of methoxy groups -OCH3 is 1. The largest absolute Gasteiger partial charge is 0.504 e. The van der Waals surface area contributed by atoms with Crippen molar-refractivity contribution in [1.82, 2.24) is 4.90 Å². The fourth-order valence-corrected chi connectivity index (χ4v) is 4.12. The molecule has 0 bridgehead atoms. The van der Waals surface area contributed by atoms with Crippen LogP contribution < -0.4 is 4.74 Å². The van der Waals surface area contributed by atoms with Crippen LogP contribution in [0.3, 0.4) is 0 Å². The number of phenolic OH excluding ortho intramolecular Hbond substituents is 1. The molecule has 1 aromatic carbocycles. The molecule has 0 aliphatic carbocycles. The quantitative estimate of drug-likeness (QED) is 0.781. The summed E-state index contributed by atoms with van der Waals surface area (Å²) in [5.41, 5.74) is 0.691. The van der Waals surface area contributed by atoms with Crippen molar-refractivity contribution in [2.24, 2.45) is 10.9 Å². The minimum atomic E-state index is 0.147. The molecule has 1 N–H and O–H groups in total. The highest BCUT2D eigenvalue weighted by Crippen LogP contribution is 2.31. The maximum absolute atomic E-state index is 10.2. The van der Waals surface area contributed by atoms with E-state index in [4.69, 9.17) is 4.74 Å². The van der Waals surface area contributed by atoms with Crippen LogP contribution in [0.15, 0.2) is 40.7 Å². The molecule has 134 valence electrons. The summed E-state index contributed by atoms with van der Waals surface area (Å²) in [5, 5.41) is 12.3. The average Bonchev–Trinajstić information content (AvgIpc) is 3.15. The number of nitrogens with zero attached hydrogens (tertiary/aromatic N) is 2. The van der Waals surface area contributed by atoms with Crippen LogP contribution in [-0.2, 0) is 0 Å². The molecule has 4 nitrogen and oxygen atoms in total. The Morgan fingerprint density at radius 1 is 1.32 bits per heavy atom. The second-order valence-corrected chi connectivity index (χ2v) is 7.62. The molecule has 5 heteroatoms. The molecular formula is C20H26N2O2S. The van der Waals surface area contributed by atoms with Gasteiger partial charge in [0.2, 0.25) is 0 Å². The first kappa shape index (κ1) is 18.0. The number of aliphatic imine (C=N–C) groups is 1. The van der Waals surface area contributed by atoms with Crippen molar-refractivity contribution in [1.29, 1.82) is 0 Å². The van der Waals surface area contributed by atoms with Crippen LogP contribution in [0.4, 0.5) is 0 Å². The standard InChI is InChI=1S/C20H26N2O2S/c1-15-8-10-22(11-9-15)17(19-7-4-12-25-19)14-21-13-16-5-3-6-18(24-2)20(16)23/h3-7,12-13,15,17,23H,8-11,14H2,1-2H3/t17-/m0/s1. The number of phenols is 1. The van der Waals surface area contributed by atoms with E-state index in [1.165, 1.54) is 17.7 Å². The molecule has 1 saturated heterocycles. The predicted molar refractivity (Wildman–Crippen MR) is 104 cm³/mol. The van der Waals surface area contributed by atoms with E-state index in [2.05, 4.69) is 34.3 Å². The third kappa shape index (κ3) is 4.41. The van der Waals surface area contributed by atoms with E-state index in [1.807, 2.05) is 12.1 Å². The molecule has 1 aromatic heterocycles. The van der Waals surface area contributed by atoms with Gasteiger partial charge in [0.25, 0.3) is 0 Å². The van der Waals surface area contributed by atoms with Gasteiger partial charge in [0.15, 0.2) is 11.5 Å². The maximum Gasteiger partial charge on any atom is 0.166 e. The Morgan fingerprint density at radius 3 is 2.80 bits per heavy atom. The van der Waals surface area contributed by atoms with Crippen LogP contribution in [-0.4, -0.2) is 43.0 Å². The molecule has 2 heterocycles. The van der Waals surface area contributed by atoms with Crippen molar-refractivity contribution in [2.75, 3.05) is 26.7 Å². The highest BCUT2D eigenvalue weighted by Gasteiger charge is 2.24. The van der Waals surface area contributed by atoms with Gasteiger partial charge < -0.3 is 9.84 Å². The first-order valence-corrected chi connectivity index (χ1v) is 9.70. The Labute approximate surface area is 153 Å². The molecule has 0 spiro atoms. The van der Waals surface area contributed by atoms with Gasteiger partial charge in [0, 0.05) is 16.7 Å². The number of likely N-dealkylation sites (tertiary alicyclic amines) is 1. The molecule has 1 aliphatic heterocycles. The second-order valence-electron chi connectivity index (χ2n) is 6.64. The molecule has 1 fully saturated rings. The molecule has 2 aromatic rings. The zero-order valence-electron chi connectivity index (χ0n) is 14.9. The second kappa shape index (κ2) is 8.50. The van der Waals surface area contributed by atoms with Crippen molar-refractivity contribution < 1.29 is 9.84 Å². The SMILES string of the molecule is COc1cccc(C=NC[C@@H](c2cccs2)N2CCC(C)CC2)c1O. The van der Waals surface area contributed by atoms with Gasteiger partial charge in [-0.15, -0.1) is 11.3 Å². The molecule has 1 atom stereocenters. The van der Waals surface area contributed by atoms with Gasteiger partial charge in [-0.05, 0) is 55.4 Å². The van der Waals surface area contributed by atoms with Crippen LogP contribution in [0.1, 0.15) is 36.2 Å². The van der Waals surface area contributed by atoms with Crippen LogP contribution in [0, 0.1) is 5.92 Å². The van der Waals surface area contributed by atoms with E-state index in [0.29, 0.717) is 23.9 Å². The lowest BCUT2D eigenvalue weighted by molar-refractivity contribution is 0.143. The minimum absolute atomic E-state index is 0.147. The number of hydrogen-bond acceptors (Lipinski definition) is 5. The highest BCUT2D eigenvalue weighted by atomic mass is 32.1. The van der Waals surface area contributed by atoms with Gasteiger partial charge in [-0.3, -0.25) is 9.89 Å². The lowest BCUT2D eigenvalue weighted by atomic mass is 9.97. The number of benzene rings is 1. The fourth-order valence-electron chi connectivity index (χ4n) is 3.27. The van der Waals surface area contributed by atoms with Gasteiger partial charge in [-0.1, -0.05) is 19.1 Å². The monoisotopic (exact) mass is 358 g/mol. The van der Waals surface area contributed by atoms with Gasteiger partial charge in [-0.25, -0.2) is 0 Å². The van der Waals surface area contributed by atoms with Gasteiger partial charge in [0.1, 0.15) is 0 Å².